The third-order valence-electron chi connectivity index (χ3n) is 4.99. The molecular formula is C18H27N3O3. The fourth-order valence-corrected chi connectivity index (χ4v) is 3.58. The van der Waals surface area contributed by atoms with Gasteiger partial charge in [-0.2, -0.15) is 0 Å². The van der Waals surface area contributed by atoms with E-state index in [0.29, 0.717) is 0 Å². The Kier molecular flexibility index (Phi) is 5.58. The monoisotopic (exact) mass is 333 g/mol. The van der Waals surface area contributed by atoms with Crippen molar-refractivity contribution in [2.75, 3.05) is 46.9 Å². The van der Waals surface area contributed by atoms with Crippen LogP contribution in [-0.4, -0.2) is 68.7 Å². The largest absolute Gasteiger partial charge is 0.497 e. The molecule has 3 rings (SSSR count). The number of rotatable bonds is 5. The van der Waals surface area contributed by atoms with Crippen molar-refractivity contribution >= 4 is 5.91 Å². The van der Waals surface area contributed by atoms with Crippen LogP contribution < -0.4 is 14.8 Å². The molecule has 0 radical (unpaired) electrons. The van der Waals surface area contributed by atoms with Crippen molar-refractivity contribution in [1.82, 2.24) is 15.1 Å². The Morgan fingerprint density at radius 2 is 1.96 bits per heavy atom. The highest BCUT2D eigenvalue weighted by molar-refractivity contribution is 5.82. The molecule has 1 aromatic rings. The summed E-state index contributed by atoms with van der Waals surface area (Å²) >= 11 is 0. The second kappa shape index (κ2) is 7.85. The normalized spacial score (nSPS) is 22.9. The Bertz CT molecular complexity index is 571. The average molecular weight is 333 g/mol. The van der Waals surface area contributed by atoms with Gasteiger partial charge in [-0.15, -0.1) is 0 Å². The van der Waals surface area contributed by atoms with Gasteiger partial charge in [0, 0.05) is 44.8 Å². The first-order valence-electron chi connectivity index (χ1n) is 8.66. The molecule has 2 heterocycles. The van der Waals surface area contributed by atoms with Gasteiger partial charge in [-0.25, -0.2) is 0 Å². The van der Waals surface area contributed by atoms with Crippen LogP contribution in [0.1, 0.15) is 18.4 Å². The number of methoxy groups -OCH3 is 2. The van der Waals surface area contributed by atoms with Crippen LogP contribution in [-0.2, 0) is 11.3 Å². The van der Waals surface area contributed by atoms with Gasteiger partial charge in [-0.1, -0.05) is 0 Å². The van der Waals surface area contributed by atoms with Crippen molar-refractivity contribution in [3.05, 3.63) is 23.8 Å². The third kappa shape index (κ3) is 3.82. The summed E-state index contributed by atoms with van der Waals surface area (Å²) in [5, 5.41) is 2.98. The highest BCUT2D eigenvalue weighted by atomic mass is 16.5. The number of nitrogens with zero attached hydrogens (tertiary/aromatic N) is 2. The van der Waals surface area contributed by atoms with Gasteiger partial charge in [0.2, 0.25) is 5.91 Å². The maximum Gasteiger partial charge on any atom is 0.237 e. The number of hydrogen-bond donors (Lipinski definition) is 1. The summed E-state index contributed by atoms with van der Waals surface area (Å²) in [6.45, 7) is 5.46. The number of nitrogens with one attached hydrogen (secondary N) is 1. The van der Waals surface area contributed by atoms with Crippen molar-refractivity contribution in [2.24, 2.45) is 0 Å². The van der Waals surface area contributed by atoms with E-state index >= 15 is 0 Å². The molecule has 1 N–H and O–H groups in total. The first kappa shape index (κ1) is 17.0. The van der Waals surface area contributed by atoms with Crippen molar-refractivity contribution in [3.8, 4) is 11.5 Å². The molecule has 1 amide bonds. The van der Waals surface area contributed by atoms with E-state index in [1.165, 1.54) is 0 Å². The maximum atomic E-state index is 12.0. The van der Waals surface area contributed by atoms with Crippen LogP contribution in [0, 0.1) is 0 Å². The standard InChI is InChI=1S/C18H27N3O3/c1-23-15-5-6-17(24-2)14(12-15)13-20-8-10-21(11-9-20)16-4-3-7-19-18(16)22/h5-6,12,16H,3-4,7-11,13H2,1-2H3,(H,19,22). The predicted octanol–water partition coefficient (Wildman–Crippen LogP) is 1.10. The minimum Gasteiger partial charge on any atom is -0.497 e. The number of carbonyl (C=O) groups excluding carboxylic acids is 1. The Labute approximate surface area is 143 Å². The summed E-state index contributed by atoms with van der Waals surface area (Å²) in [5.41, 5.74) is 1.14. The van der Waals surface area contributed by atoms with Crippen LogP contribution in [0.3, 0.4) is 0 Å². The second-order valence-electron chi connectivity index (χ2n) is 6.44. The van der Waals surface area contributed by atoms with E-state index in [4.69, 9.17) is 9.47 Å². The quantitative estimate of drug-likeness (QED) is 0.874. The smallest absolute Gasteiger partial charge is 0.237 e. The summed E-state index contributed by atoms with van der Waals surface area (Å²) in [6.07, 6.45) is 2.06. The zero-order chi connectivity index (χ0) is 16.9. The highest BCUT2D eigenvalue weighted by Gasteiger charge is 2.30. The van der Waals surface area contributed by atoms with E-state index < -0.39 is 0 Å². The lowest BCUT2D eigenvalue weighted by molar-refractivity contribution is -0.129. The van der Waals surface area contributed by atoms with E-state index in [2.05, 4.69) is 15.1 Å². The Morgan fingerprint density at radius 3 is 2.62 bits per heavy atom. The lowest BCUT2D eigenvalue weighted by Gasteiger charge is -2.40. The Hall–Kier alpha value is -1.79. The van der Waals surface area contributed by atoms with E-state index in [0.717, 1.165) is 69.2 Å². The first-order chi connectivity index (χ1) is 11.7. The molecule has 2 aliphatic rings. The molecule has 0 aliphatic carbocycles. The van der Waals surface area contributed by atoms with Crippen LogP contribution in [0.4, 0.5) is 0 Å². The van der Waals surface area contributed by atoms with Gasteiger partial charge in [0.25, 0.3) is 0 Å². The molecule has 2 aliphatic heterocycles. The van der Waals surface area contributed by atoms with Crippen LogP contribution in [0.25, 0.3) is 0 Å². The van der Waals surface area contributed by atoms with Gasteiger partial charge >= 0.3 is 0 Å². The third-order valence-corrected chi connectivity index (χ3v) is 4.99. The molecule has 2 fully saturated rings. The summed E-state index contributed by atoms with van der Waals surface area (Å²) in [7, 11) is 3.38. The van der Waals surface area contributed by atoms with Crippen LogP contribution in [0.15, 0.2) is 18.2 Å². The molecule has 24 heavy (non-hydrogen) atoms. The van der Waals surface area contributed by atoms with E-state index in [1.54, 1.807) is 14.2 Å². The summed E-state index contributed by atoms with van der Waals surface area (Å²) < 4.78 is 10.8. The number of carbonyl (C=O) groups is 1. The van der Waals surface area contributed by atoms with E-state index in [-0.39, 0.29) is 11.9 Å². The van der Waals surface area contributed by atoms with Crippen molar-refractivity contribution in [3.63, 3.8) is 0 Å². The molecule has 6 nitrogen and oxygen atoms in total. The number of hydrogen-bond acceptors (Lipinski definition) is 5. The fraction of sp³-hybridized carbons (Fsp3) is 0.611. The van der Waals surface area contributed by atoms with Gasteiger partial charge in [0.1, 0.15) is 11.5 Å². The molecule has 0 saturated carbocycles. The minimum absolute atomic E-state index is 0.0623. The molecule has 0 aromatic heterocycles. The Morgan fingerprint density at radius 1 is 1.17 bits per heavy atom. The van der Waals surface area contributed by atoms with Gasteiger partial charge in [-0.3, -0.25) is 14.6 Å². The molecule has 6 heteroatoms. The summed E-state index contributed by atoms with van der Waals surface area (Å²) in [5.74, 6) is 1.94. The Balaban J connectivity index is 1.58. The van der Waals surface area contributed by atoms with Crippen molar-refractivity contribution in [2.45, 2.75) is 25.4 Å². The number of piperidine rings is 1. The average Bonchev–Trinajstić information content (AvgIpc) is 2.63. The molecule has 1 aromatic carbocycles. The van der Waals surface area contributed by atoms with E-state index in [9.17, 15) is 4.79 Å². The SMILES string of the molecule is COc1ccc(OC)c(CN2CCN(C3CCCNC3=O)CC2)c1. The van der Waals surface area contributed by atoms with Gasteiger partial charge in [0.15, 0.2) is 0 Å². The molecule has 2 saturated heterocycles. The lowest BCUT2D eigenvalue weighted by Crippen LogP contribution is -2.56. The minimum atomic E-state index is 0.0623. The van der Waals surface area contributed by atoms with Gasteiger partial charge < -0.3 is 14.8 Å². The molecule has 0 bridgehead atoms. The van der Waals surface area contributed by atoms with Crippen LogP contribution in [0.5, 0.6) is 11.5 Å². The summed E-state index contributed by atoms with van der Waals surface area (Å²) in [6, 6.07) is 5.98. The lowest BCUT2D eigenvalue weighted by atomic mass is 10.0. The zero-order valence-corrected chi connectivity index (χ0v) is 14.6. The van der Waals surface area contributed by atoms with Crippen LogP contribution >= 0.6 is 0 Å². The molecule has 0 spiro atoms. The molecule has 1 atom stereocenters. The molecule has 132 valence electrons. The van der Waals surface area contributed by atoms with Crippen molar-refractivity contribution < 1.29 is 14.3 Å². The number of ether oxygens (including phenoxy) is 2. The summed E-state index contributed by atoms with van der Waals surface area (Å²) in [4.78, 5) is 16.8. The number of benzene rings is 1. The predicted molar refractivity (Wildman–Crippen MR) is 92.4 cm³/mol. The molecular weight excluding hydrogens is 306 g/mol. The van der Waals surface area contributed by atoms with Crippen LogP contribution in [0.2, 0.25) is 0 Å². The number of amides is 1. The zero-order valence-electron chi connectivity index (χ0n) is 14.6. The first-order valence-corrected chi connectivity index (χ1v) is 8.66. The second-order valence-corrected chi connectivity index (χ2v) is 6.44. The topological polar surface area (TPSA) is 54.0 Å². The number of piperazine rings is 1. The highest BCUT2D eigenvalue weighted by Crippen LogP contribution is 2.26. The fourth-order valence-electron chi connectivity index (χ4n) is 3.58. The molecule has 1 unspecified atom stereocenters. The van der Waals surface area contributed by atoms with Gasteiger partial charge in [0.05, 0.1) is 20.3 Å². The van der Waals surface area contributed by atoms with E-state index in [1.807, 2.05) is 18.2 Å². The van der Waals surface area contributed by atoms with Crippen molar-refractivity contribution in [1.29, 1.82) is 0 Å². The van der Waals surface area contributed by atoms with Gasteiger partial charge in [-0.05, 0) is 31.0 Å². The maximum absolute atomic E-state index is 12.0.